The summed E-state index contributed by atoms with van der Waals surface area (Å²) in [5.41, 5.74) is 4.79. The summed E-state index contributed by atoms with van der Waals surface area (Å²) in [6.07, 6.45) is 9.54. The van der Waals surface area contributed by atoms with Gasteiger partial charge in [-0.05, 0) is 48.0 Å². The Bertz CT molecular complexity index is 1470. The van der Waals surface area contributed by atoms with Crippen molar-refractivity contribution in [3.63, 3.8) is 0 Å². The van der Waals surface area contributed by atoms with Crippen molar-refractivity contribution >= 4 is 37.7 Å². The highest BCUT2D eigenvalue weighted by Crippen LogP contribution is 2.60. The fourth-order valence-corrected chi connectivity index (χ4v) is 11.2. The second-order valence-electron chi connectivity index (χ2n) is 9.52. The molecular weight excluding hydrogens is 482 g/mol. The number of fused-ring (bicyclic) bond motifs is 6. The first-order valence-electron chi connectivity index (χ1n) is 12.3. The van der Waals surface area contributed by atoms with E-state index in [4.69, 9.17) is 21.6 Å². The molecular formula is C30H28N2O2P2. The summed E-state index contributed by atoms with van der Waals surface area (Å²) in [6, 6.07) is 33.9. The summed E-state index contributed by atoms with van der Waals surface area (Å²) in [7, 11) is -4.52. The van der Waals surface area contributed by atoms with Gasteiger partial charge in [0.05, 0.1) is 0 Å². The fourth-order valence-electron chi connectivity index (χ4n) is 5.73. The first kappa shape index (κ1) is 22.2. The molecule has 180 valence electrons. The molecule has 0 saturated carbocycles. The van der Waals surface area contributed by atoms with Gasteiger partial charge in [0.2, 0.25) is 0 Å². The standard InChI is InChI=1S/C30H28N2O2P2/c1-35(29-17-9-5-13-25(29)23-11-3-7-15-27(23)33-35)31-19-21-32(22-20-31)36(2)30-18-10-6-14-26(30)24-12-4-8-16-28(24)34-36/h3-18H,1-2,19-22H2. The summed E-state index contributed by atoms with van der Waals surface area (Å²) in [5.74, 6) is 1.87. The zero-order valence-electron chi connectivity index (χ0n) is 20.1. The van der Waals surface area contributed by atoms with Gasteiger partial charge in [0.15, 0.2) is 0 Å². The van der Waals surface area contributed by atoms with Crippen molar-refractivity contribution in [2.24, 2.45) is 0 Å². The molecule has 0 radical (unpaired) electrons. The van der Waals surface area contributed by atoms with Gasteiger partial charge in [-0.3, -0.25) is 0 Å². The number of hydrogen-bond donors (Lipinski definition) is 0. The van der Waals surface area contributed by atoms with Gasteiger partial charge < -0.3 is 9.05 Å². The molecule has 0 aromatic heterocycles. The molecule has 0 bridgehead atoms. The summed E-state index contributed by atoms with van der Waals surface area (Å²) >= 11 is 0. The molecule has 4 nitrogen and oxygen atoms in total. The van der Waals surface area contributed by atoms with Crippen molar-refractivity contribution in [1.29, 1.82) is 0 Å². The molecule has 3 aliphatic rings. The van der Waals surface area contributed by atoms with Gasteiger partial charge in [-0.2, -0.15) is 0 Å². The van der Waals surface area contributed by atoms with E-state index in [2.05, 4.69) is 94.3 Å². The first-order valence-corrected chi connectivity index (χ1v) is 16.0. The molecule has 4 aromatic carbocycles. The number of hydrogen-bond acceptors (Lipinski definition) is 4. The van der Waals surface area contributed by atoms with Crippen molar-refractivity contribution in [2.45, 2.75) is 0 Å². The number of benzene rings is 4. The molecule has 7 rings (SSSR count). The van der Waals surface area contributed by atoms with E-state index >= 15 is 0 Å². The largest absolute Gasteiger partial charge is 0.458 e. The van der Waals surface area contributed by atoms with Crippen molar-refractivity contribution in [2.75, 3.05) is 26.2 Å². The number of rotatable bonds is 2. The zero-order valence-corrected chi connectivity index (χ0v) is 21.9. The lowest BCUT2D eigenvalue weighted by atomic mass is 10.0. The Morgan fingerprint density at radius 1 is 0.472 bits per heavy atom. The highest BCUT2D eigenvalue weighted by atomic mass is 31.2. The normalized spacial score (nSPS) is 24.9. The van der Waals surface area contributed by atoms with Crippen LogP contribution in [0.3, 0.4) is 0 Å². The van der Waals surface area contributed by atoms with Crippen molar-refractivity contribution < 1.29 is 9.05 Å². The van der Waals surface area contributed by atoms with Gasteiger partial charge >= 0.3 is 0 Å². The van der Waals surface area contributed by atoms with Gasteiger partial charge in [0.1, 0.15) is 26.0 Å². The van der Waals surface area contributed by atoms with E-state index in [9.17, 15) is 0 Å². The predicted octanol–water partition coefficient (Wildman–Crippen LogP) is 5.93. The van der Waals surface area contributed by atoms with Crippen LogP contribution < -0.4 is 19.7 Å². The Kier molecular flexibility index (Phi) is 5.10. The SMILES string of the molecule is C=P1(N2CCN(P3(=C)Oc4ccccc4-c4ccccc43)CC2)Oc2ccccc2-c2ccccc21. The lowest BCUT2D eigenvalue weighted by Crippen LogP contribution is -2.48. The van der Waals surface area contributed by atoms with Crippen LogP contribution in [0.1, 0.15) is 0 Å². The Labute approximate surface area is 212 Å². The summed E-state index contributed by atoms with van der Waals surface area (Å²) in [4.78, 5) is 0. The summed E-state index contributed by atoms with van der Waals surface area (Å²) in [5, 5.41) is 2.45. The van der Waals surface area contributed by atoms with Crippen LogP contribution in [0.15, 0.2) is 97.1 Å². The maximum atomic E-state index is 6.76. The monoisotopic (exact) mass is 510 g/mol. The van der Waals surface area contributed by atoms with E-state index in [-0.39, 0.29) is 0 Å². The predicted molar refractivity (Wildman–Crippen MR) is 156 cm³/mol. The van der Waals surface area contributed by atoms with Crippen LogP contribution in [-0.4, -0.2) is 48.1 Å². The Balaban J connectivity index is 1.21. The molecule has 2 unspecified atom stereocenters. The van der Waals surface area contributed by atoms with Gasteiger partial charge in [0, 0.05) is 47.9 Å². The second kappa shape index (κ2) is 8.26. The number of nitrogens with zero attached hydrogens (tertiary/aromatic N) is 2. The van der Waals surface area contributed by atoms with Crippen LogP contribution in [0.25, 0.3) is 22.3 Å². The van der Waals surface area contributed by atoms with Gasteiger partial charge in [-0.15, -0.1) is 0 Å². The Morgan fingerprint density at radius 3 is 1.22 bits per heavy atom. The maximum absolute atomic E-state index is 6.76. The second-order valence-corrected chi connectivity index (χ2v) is 14.8. The minimum atomic E-state index is -2.26. The average molecular weight is 511 g/mol. The van der Waals surface area contributed by atoms with E-state index in [1.165, 1.54) is 21.7 Å². The first-order chi connectivity index (χ1) is 17.6. The highest BCUT2D eigenvalue weighted by molar-refractivity contribution is 7.75. The topological polar surface area (TPSA) is 24.9 Å². The van der Waals surface area contributed by atoms with E-state index in [0.29, 0.717) is 0 Å². The van der Waals surface area contributed by atoms with E-state index < -0.39 is 14.5 Å². The number of piperazine rings is 1. The molecule has 36 heavy (non-hydrogen) atoms. The van der Waals surface area contributed by atoms with Crippen molar-refractivity contribution in [3.8, 4) is 33.8 Å². The molecule has 0 aliphatic carbocycles. The molecule has 0 spiro atoms. The smallest absolute Gasteiger partial charge is 0.142 e. The minimum absolute atomic E-state index is 0.859. The third kappa shape index (κ3) is 3.23. The summed E-state index contributed by atoms with van der Waals surface area (Å²) in [6.45, 7) is 3.44. The van der Waals surface area contributed by atoms with Gasteiger partial charge in [0.25, 0.3) is 0 Å². The van der Waals surface area contributed by atoms with Crippen LogP contribution in [0.5, 0.6) is 11.5 Å². The average Bonchev–Trinajstić information content (AvgIpc) is 2.93. The van der Waals surface area contributed by atoms with Crippen LogP contribution >= 0.6 is 14.5 Å². The molecule has 3 heterocycles. The zero-order chi connectivity index (χ0) is 24.3. The van der Waals surface area contributed by atoms with Gasteiger partial charge in [-0.25, -0.2) is 9.34 Å². The van der Waals surface area contributed by atoms with Crippen LogP contribution in [-0.2, 0) is 0 Å². The molecule has 1 saturated heterocycles. The Hall–Kier alpha value is -3.00. The minimum Gasteiger partial charge on any atom is -0.458 e. The Morgan fingerprint density at radius 2 is 0.806 bits per heavy atom. The van der Waals surface area contributed by atoms with Crippen molar-refractivity contribution in [3.05, 3.63) is 97.1 Å². The molecule has 2 atom stereocenters. The molecule has 3 aliphatic heterocycles. The molecule has 0 amide bonds. The van der Waals surface area contributed by atoms with Crippen molar-refractivity contribution in [1.82, 2.24) is 9.34 Å². The maximum Gasteiger partial charge on any atom is 0.142 e. The van der Waals surface area contributed by atoms with Crippen LogP contribution in [0.2, 0.25) is 0 Å². The summed E-state index contributed by atoms with van der Waals surface area (Å²) < 4.78 is 18.5. The van der Waals surface area contributed by atoms with E-state index in [1.54, 1.807) is 0 Å². The quantitative estimate of drug-likeness (QED) is 0.312. The van der Waals surface area contributed by atoms with Crippen LogP contribution in [0, 0.1) is 0 Å². The van der Waals surface area contributed by atoms with Gasteiger partial charge in [-0.1, -0.05) is 72.8 Å². The molecule has 6 heteroatoms. The van der Waals surface area contributed by atoms with Crippen LogP contribution in [0.4, 0.5) is 0 Å². The molecule has 0 N–H and O–H groups in total. The number of para-hydroxylation sites is 2. The molecule has 4 aromatic rings. The third-order valence-electron chi connectivity index (χ3n) is 7.56. The van der Waals surface area contributed by atoms with E-state index in [1.807, 2.05) is 12.1 Å². The fraction of sp³-hybridized carbons (Fsp3) is 0.133. The van der Waals surface area contributed by atoms with E-state index in [0.717, 1.165) is 48.8 Å². The molecule has 1 fully saturated rings. The third-order valence-corrected chi connectivity index (χ3v) is 13.5. The lowest BCUT2D eigenvalue weighted by Gasteiger charge is -2.48. The highest BCUT2D eigenvalue weighted by Gasteiger charge is 2.41. The lowest BCUT2D eigenvalue weighted by molar-refractivity contribution is 0.271.